The van der Waals surface area contributed by atoms with Gasteiger partial charge in [-0.25, -0.2) is 9.69 Å². The van der Waals surface area contributed by atoms with E-state index in [0.717, 1.165) is 21.6 Å². The summed E-state index contributed by atoms with van der Waals surface area (Å²) in [7, 11) is 0. The minimum atomic E-state index is -0.783. The molecule has 0 spiro atoms. The summed E-state index contributed by atoms with van der Waals surface area (Å²) in [5.74, 6) is 0.361. The summed E-state index contributed by atoms with van der Waals surface area (Å²) in [6, 6.07) is 17.2. The molecule has 35 heavy (non-hydrogen) atoms. The van der Waals surface area contributed by atoms with Gasteiger partial charge in [0.05, 0.1) is 5.69 Å². The van der Waals surface area contributed by atoms with Gasteiger partial charge >= 0.3 is 6.03 Å². The summed E-state index contributed by atoms with van der Waals surface area (Å²) in [5, 5.41) is 2.26. The molecule has 1 fully saturated rings. The van der Waals surface area contributed by atoms with Crippen LogP contribution in [0.3, 0.4) is 0 Å². The van der Waals surface area contributed by atoms with Gasteiger partial charge in [0.2, 0.25) is 6.79 Å². The number of urea groups is 1. The number of fused-ring (bicyclic) bond motifs is 1. The number of anilines is 1. The number of aryl methyl sites for hydroxylation is 2. The van der Waals surface area contributed by atoms with Crippen LogP contribution in [0.15, 0.2) is 66.2 Å². The molecule has 2 aliphatic rings. The Hall–Kier alpha value is -4.59. The molecule has 2 heterocycles. The first-order valence-corrected chi connectivity index (χ1v) is 11.0. The second kappa shape index (κ2) is 8.98. The molecule has 8 nitrogen and oxygen atoms in total. The van der Waals surface area contributed by atoms with Crippen molar-refractivity contribution >= 4 is 29.6 Å². The van der Waals surface area contributed by atoms with Gasteiger partial charge in [0.1, 0.15) is 17.9 Å². The molecule has 0 atom stereocenters. The molecular weight excluding hydrogens is 448 g/mol. The number of benzene rings is 3. The Morgan fingerprint density at radius 1 is 0.943 bits per heavy atom. The van der Waals surface area contributed by atoms with Crippen molar-refractivity contribution in [2.75, 3.05) is 11.7 Å². The topological polar surface area (TPSA) is 94.2 Å². The van der Waals surface area contributed by atoms with E-state index in [1.165, 1.54) is 6.08 Å². The summed E-state index contributed by atoms with van der Waals surface area (Å²) >= 11 is 0. The van der Waals surface area contributed by atoms with Crippen molar-refractivity contribution in [2.45, 2.75) is 20.5 Å². The Morgan fingerprint density at radius 3 is 2.49 bits per heavy atom. The third-order valence-corrected chi connectivity index (χ3v) is 5.62. The van der Waals surface area contributed by atoms with Crippen LogP contribution in [0.25, 0.3) is 6.08 Å². The molecule has 2 aliphatic heterocycles. The van der Waals surface area contributed by atoms with Crippen molar-refractivity contribution in [3.63, 3.8) is 0 Å². The number of carbonyl (C=O) groups is 3. The van der Waals surface area contributed by atoms with Crippen molar-refractivity contribution in [3.05, 3.63) is 88.5 Å². The second-order valence-corrected chi connectivity index (χ2v) is 8.32. The molecule has 8 heteroatoms. The highest BCUT2D eigenvalue weighted by molar-refractivity contribution is 6.39. The van der Waals surface area contributed by atoms with Gasteiger partial charge in [0.15, 0.2) is 11.5 Å². The Morgan fingerprint density at radius 2 is 1.69 bits per heavy atom. The summed E-state index contributed by atoms with van der Waals surface area (Å²) in [6.07, 6.45) is 1.44. The smallest absolute Gasteiger partial charge is 0.335 e. The maximum Gasteiger partial charge on any atom is 0.335 e. The van der Waals surface area contributed by atoms with E-state index < -0.39 is 17.8 Å². The Balaban J connectivity index is 1.43. The number of amides is 4. The number of nitrogens with one attached hydrogen (secondary N) is 1. The summed E-state index contributed by atoms with van der Waals surface area (Å²) in [5.41, 5.74) is 3.42. The van der Waals surface area contributed by atoms with E-state index in [2.05, 4.69) is 5.32 Å². The van der Waals surface area contributed by atoms with Gasteiger partial charge in [0, 0.05) is 5.56 Å². The van der Waals surface area contributed by atoms with Crippen LogP contribution < -0.4 is 24.4 Å². The van der Waals surface area contributed by atoms with Crippen LogP contribution in [0.5, 0.6) is 17.2 Å². The number of nitrogens with zero attached hydrogens (tertiary/aromatic N) is 1. The lowest BCUT2D eigenvalue weighted by Gasteiger charge is -2.27. The van der Waals surface area contributed by atoms with E-state index in [4.69, 9.17) is 14.2 Å². The van der Waals surface area contributed by atoms with Crippen LogP contribution >= 0.6 is 0 Å². The quantitative estimate of drug-likeness (QED) is 0.442. The van der Waals surface area contributed by atoms with Gasteiger partial charge in [-0.05, 0) is 66.9 Å². The molecule has 0 radical (unpaired) electrons. The third kappa shape index (κ3) is 4.46. The number of barbiturate groups is 1. The van der Waals surface area contributed by atoms with Crippen LogP contribution in [0.1, 0.15) is 22.3 Å². The first-order valence-electron chi connectivity index (χ1n) is 11.0. The lowest BCUT2D eigenvalue weighted by Crippen LogP contribution is -2.54. The molecule has 1 saturated heterocycles. The molecule has 3 aromatic carbocycles. The number of rotatable bonds is 5. The third-order valence-electron chi connectivity index (χ3n) is 5.62. The standard InChI is InChI=1S/C27H22N2O6/c1-16-9-17(2)11-20(10-16)29-26(31)21(25(30)28-27(29)32)13-19-5-3-4-6-22(19)33-14-18-7-8-23-24(12-18)35-15-34-23/h3-13H,14-15H2,1-2H3,(H,28,30,32)/b21-13+. The van der Waals surface area contributed by atoms with Crippen LogP contribution in [-0.4, -0.2) is 24.6 Å². The van der Waals surface area contributed by atoms with Crippen LogP contribution in [-0.2, 0) is 16.2 Å². The molecule has 176 valence electrons. The zero-order valence-electron chi connectivity index (χ0n) is 19.2. The van der Waals surface area contributed by atoms with E-state index in [0.29, 0.717) is 28.5 Å². The molecule has 0 saturated carbocycles. The van der Waals surface area contributed by atoms with E-state index in [1.807, 2.05) is 38.1 Å². The zero-order valence-corrected chi connectivity index (χ0v) is 19.2. The predicted molar refractivity (Wildman–Crippen MR) is 128 cm³/mol. The summed E-state index contributed by atoms with van der Waals surface area (Å²) in [4.78, 5) is 39.4. The van der Waals surface area contributed by atoms with Gasteiger partial charge in [0.25, 0.3) is 11.8 Å². The lowest BCUT2D eigenvalue weighted by atomic mass is 10.0. The zero-order chi connectivity index (χ0) is 24.5. The predicted octanol–water partition coefficient (Wildman–Crippen LogP) is 4.28. The van der Waals surface area contributed by atoms with Gasteiger partial charge in [-0.2, -0.15) is 0 Å². The Bertz CT molecular complexity index is 1370. The summed E-state index contributed by atoms with van der Waals surface area (Å²) < 4.78 is 16.7. The van der Waals surface area contributed by atoms with Gasteiger partial charge in [-0.15, -0.1) is 0 Å². The average molecular weight is 470 g/mol. The molecule has 0 aromatic heterocycles. The maximum atomic E-state index is 13.3. The summed E-state index contributed by atoms with van der Waals surface area (Å²) in [6.45, 7) is 4.18. The number of hydrogen-bond acceptors (Lipinski definition) is 6. The van der Waals surface area contributed by atoms with Crippen molar-refractivity contribution in [1.82, 2.24) is 5.32 Å². The maximum absolute atomic E-state index is 13.3. The van der Waals surface area contributed by atoms with Crippen LogP contribution in [0, 0.1) is 13.8 Å². The second-order valence-electron chi connectivity index (χ2n) is 8.32. The van der Waals surface area contributed by atoms with Crippen molar-refractivity contribution in [1.29, 1.82) is 0 Å². The van der Waals surface area contributed by atoms with E-state index in [1.54, 1.807) is 36.4 Å². The van der Waals surface area contributed by atoms with E-state index >= 15 is 0 Å². The van der Waals surface area contributed by atoms with Crippen molar-refractivity contribution < 1.29 is 28.6 Å². The van der Waals surface area contributed by atoms with Crippen LogP contribution in [0.4, 0.5) is 10.5 Å². The number of hydrogen-bond donors (Lipinski definition) is 1. The highest BCUT2D eigenvalue weighted by atomic mass is 16.7. The SMILES string of the molecule is Cc1cc(C)cc(N2C(=O)NC(=O)/C(=C\c3ccccc3OCc3ccc4c(c3)OCO4)C2=O)c1. The lowest BCUT2D eigenvalue weighted by molar-refractivity contribution is -0.122. The number of imide groups is 2. The molecular formula is C27H22N2O6. The fourth-order valence-electron chi connectivity index (χ4n) is 4.05. The molecule has 4 amide bonds. The Kier molecular flexibility index (Phi) is 5.70. The largest absolute Gasteiger partial charge is 0.488 e. The van der Waals surface area contributed by atoms with Gasteiger partial charge < -0.3 is 14.2 Å². The number of ether oxygens (including phenoxy) is 3. The highest BCUT2D eigenvalue weighted by Crippen LogP contribution is 2.33. The first kappa shape index (κ1) is 22.2. The Labute approximate surface area is 201 Å². The molecule has 0 aliphatic carbocycles. The minimum absolute atomic E-state index is 0.164. The molecule has 5 rings (SSSR count). The molecule has 3 aromatic rings. The van der Waals surface area contributed by atoms with E-state index in [-0.39, 0.29) is 19.0 Å². The normalized spacial score (nSPS) is 16.0. The van der Waals surface area contributed by atoms with E-state index in [9.17, 15) is 14.4 Å². The fourth-order valence-corrected chi connectivity index (χ4v) is 4.05. The van der Waals surface area contributed by atoms with Crippen LogP contribution in [0.2, 0.25) is 0 Å². The number of para-hydroxylation sites is 1. The van der Waals surface area contributed by atoms with Gasteiger partial charge in [-0.1, -0.05) is 30.3 Å². The fraction of sp³-hybridized carbons (Fsp3) is 0.148. The minimum Gasteiger partial charge on any atom is -0.488 e. The molecule has 0 unspecified atom stereocenters. The molecule has 0 bridgehead atoms. The van der Waals surface area contributed by atoms with Crippen molar-refractivity contribution in [2.24, 2.45) is 0 Å². The number of carbonyl (C=O) groups excluding carboxylic acids is 3. The van der Waals surface area contributed by atoms with Gasteiger partial charge in [-0.3, -0.25) is 14.9 Å². The van der Waals surface area contributed by atoms with Crippen molar-refractivity contribution in [3.8, 4) is 17.2 Å². The highest BCUT2D eigenvalue weighted by Gasteiger charge is 2.37. The first-order chi connectivity index (χ1) is 16.9. The monoisotopic (exact) mass is 470 g/mol. The average Bonchev–Trinajstić information content (AvgIpc) is 3.28. The molecule has 1 N–H and O–H groups in total.